The number of nitrogens with zero attached hydrogens (tertiary/aromatic N) is 4. The molecular formula is C24H25F3N6O3. The van der Waals surface area contributed by atoms with Gasteiger partial charge in [-0.05, 0) is 42.7 Å². The van der Waals surface area contributed by atoms with Gasteiger partial charge in [-0.3, -0.25) is 10.3 Å². The first-order valence-corrected chi connectivity index (χ1v) is 11.1. The number of nitrogens with one attached hydrogen (secondary N) is 2. The Labute approximate surface area is 205 Å². The van der Waals surface area contributed by atoms with Crippen molar-refractivity contribution in [3.8, 4) is 5.75 Å². The van der Waals surface area contributed by atoms with Crippen LogP contribution in [0.25, 0.3) is 10.9 Å². The molecule has 36 heavy (non-hydrogen) atoms. The third kappa shape index (κ3) is 5.82. The monoisotopic (exact) mass is 502 g/mol. The number of rotatable bonds is 7. The first-order chi connectivity index (χ1) is 17.1. The number of carboxylic acid groups (broad SMARTS) is 1. The van der Waals surface area contributed by atoms with E-state index in [0.717, 1.165) is 28.4 Å². The van der Waals surface area contributed by atoms with Gasteiger partial charge in [-0.25, -0.2) is 14.8 Å². The Kier molecular flexibility index (Phi) is 7.25. The fraction of sp³-hybridized carbons (Fsp3) is 0.333. The number of aryl methyl sites for hydroxylation is 1. The number of hydrogen-bond donors (Lipinski definition) is 3. The molecule has 3 N–H and O–H groups in total. The molecule has 0 bridgehead atoms. The Morgan fingerprint density at radius 2 is 2.11 bits per heavy atom. The van der Waals surface area contributed by atoms with E-state index < -0.39 is 24.4 Å². The number of anilines is 1. The van der Waals surface area contributed by atoms with E-state index in [2.05, 4.69) is 25.8 Å². The number of likely N-dealkylation sites (tertiary alicyclic amines) is 1. The van der Waals surface area contributed by atoms with Crippen LogP contribution in [0.15, 0.2) is 47.7 Å². The van der Waals surface area contributed by atoms with Gasteiger partial charge in [0.1, 0.15) is 17.6 Å². The molecule has 0 spiro atoms. The van der Waals surface area contributed by atoms with Gasteiger partial charge >= 0.3 is 12.3 Å². The van der Waals surface area contributed by atoms with Gasteiger partial charge in [0.05, 0.1) is 24.5 Å². The zero-order valence-electron chi connectivity index (χ0n) is 19.6. The summed E-state index contributed by atoms with van der Waals surface area (Å²) in [5.41, 5.74) is 4.98. The quantitative estimate of drug-likeness (QED) is 0.326. The van der Waals surface area contributed by atoms with Gasteiger partial charge in [0.2, 0.25) is 0 Å². The van der Waals surface area contributed by atoms with Crippen LogP contribution in [-0.4, -0.2) is 64.7 Å². The predicted molar refractivity (Wildman–Crippen MR) is 128 cm³/mol. The smallest absolute Gasteiger partial charge is 0.408 e. The molecule has 1 aliphatic rings. The predicted octanol–water partition coefficient (Wildman–Crippen LogP) is 4.34. The average Bonchev–Trinajstić information content (AvgIpc) is 3.25. The third-order valence-electron chi connectivity index (χ3n) is 5.93. The van der Waals surface area contributed by atoms with Crippen LogP contribution in [0.5, 0.6) is 5.75 Å². The van der Waals surface area contributed by atoms with Crippen molar-refractivity contribution >= 4 is 29.0 Å². The lowest BCUT2D eigenvalue weighted by Gasteiger charge is -2.30. The summed E-state index contributed by atoms with van der Waals surface area (Å²) in [6.45, 7) is 2.03. The summed E-state index contributed by atoms with van der Waals surface area (Å²) >= 11 is 0. The molecule has 3 heterocycles. The van der Waals surface area contributed by atoms with Gasteiger partial charge < -0.3 is 15.2 Å². The second-order valence-corrected chi connectivity index (χ2v) is 8.47. The van der Waals surface area contributed by atoms with Crippen molar-refractivity contribution in [1.29, 1.82) is 0 Å². The lowest BCUT2D eigenvalue weighted by molar-refractivity contribution is -0.183. The molecule has 2 aromatic heterocycles. The maximum absolute atomic E-state index is 13.9. The number of halogens is 3. The maximum atomic E-state index is 13.9. The van der Waals surface area contributed by atoms with E-state index >= 15 is 0 Å². The molecule has 12 heteroatoms. The minimum absolute atomic E-state index is 0.0339. The first kappa shape index (κ1) is 25.2. The Morgan fingerprint density at radius 3 is 2.78 bits per heavy atom. The topological polar surface area (TPSA) is 112 Å². The molecule has 0 unspecified atom stereocenters. The van der Waals surface area contributed by atoms with Crippen LogP contribution in [0, 0.1) is 6.92 Å². The molecule has 190 valence electrons. The molecule has 9 nitrogen and oxygen atoms in total. The van der Waals surface area contributed by atoms with E-state index in [4.69, 9.17) is 9.84 Å². The summed E-state index contributed by atoms with van der Waals surface area (Å²) in [5, 5.41) is 16.1. The van der Waals surface area contributed by atoms with E-state index in [1.807, 2.05) is 25.1 Å². The number of benzene rings is 1. The molecule has 1 aliphatic heterocycles. The van der Waals surface area contributed by atoms with Crippen molar-refractivity contribution in [2.75, 3.05) is 25.6 Å². The minimum atomic E-state index is -4.55. The Bertz CT molecular complexity index is 1270. The lowest BCUT2D eigenvalue weighted by Crippen LogP contribution is -2.40. The molecular weight excluding hydrogens is 477 g/mol. The molecule has 1 aromatic carbocycles. The number of carbonyl (C=O) groups is 1. The Morgan fingerprint density at radius 1 is 1.31 bits per heavy atom. The van der Waals surface area contributed by atoms with Crippen LogP contribution in [0.1, 0.15) is 29.3 Å². The molecule has 1 fully saturated rings. The number of hydrazone groups is 1. The first-order valence-electron chi connectivity index (χ1n) is 11.1. The van der Waals surface area contributed by atoms with Crippen molar-refractivity contribution in [3.63, 3.8) is 0 Å². The number of alkyl halides is 3. The fourth-order valence-electron chi connectivity index (χ4n) is 4.29. The van der Waals surface area contributed by atoms with E-state index in [1.54, 1.807) is 13.2 Å². The number of methoxy groups -OCH3 is 1. The van der Waals surface area contributed by atoms with E-state index in [-0.39, 0.29) is 24.5 Å². The average molecular weight is 502 g/mol. The number of ether oxygens (including phenoxy) is 1. The molecule has 1 saturated heterocycles. The van der Waals surface area contributed by atoms with Gasteiger partial charge in [0.15, 0.2) is 0 Å². The van der Waals surface area contributed by atoms with Gasteiger partial charge in [-0.15, -0.1) is 0 Å². The lowest BCUT2D eigenvalue weighted by atomic mass is 10.1. The van der Waals surface area contributed by atoms with Gasteiger partial charge in [0.25, 0.3) is 0 Å². The van der Waals surface area contributed by atoms with Crippen LogP contribution in [-0.2, 0) is 0 Å². The number of aromatic nitrogens is 2. The molecule has 0 saturated carbocycles. The number of amides is 1. The van der Waals surface area contributed by atoms with Gasteiger partial charge in [-0.1, -0.05) is 12.1 Å². The zero-order valence-corrected chi connectivity index (χ0v) is 19.6. The van der Waals surface area contributed by atoms with Gasteiger partial charge in [0, 0.05) is 36.8 Å². The van der Waals surface area contributed by atoms with Crippen molar-refractivity contribution in [3.05, 3.63) is 59.4 Å². The van der Waals surface area contributed by atoms with E-state index in [0.29, 0.717) is 12.1 Å². The van der Waals surface area contributed by atoms with E-state index in [9.17, 15) is 18.0 Å². The molecule has 0 radical (unpaired) electrons. The van der Waals surface area contributed by atoms with Crippen LogP contribution in [0.3, 0.4) is 0 Å². The van der Waals surface area contributed by atoms with Crippen molar-refractivity contribution in [2.24, 2.45) is 5.10 Å². The fourth-order valence-corrected chi connectivity index (χ4v) is 4.29. The second-order valence-electron chi connectivity index (χ2n) is 8.47. The molecule has 0 aliphatic carbocycles. The van der Waals surface area contributed by atoms with Crippen LogP contribution < -0.4 is 15.5 Å². The standard InChI is InChI=1S/C24H25F3N6O3/c1-14-9-15-3-5-17(30-19(15)10-20(14)36-2)12-29-32-21-6-4-16(11-28-21)22(24(25,26)27)33-8-7-18(13-33)31-23(34)35/h3-6,9-12,18,22,31H,7-8,13H2,1-2H3,(H,28,32)(H,34,35)/t18-,22+/m0/s1. The molecule has 1 amide bonds. The van der Waals surface area contributed by atoms with Crippen LogP contribution in [0.2, 0.25) is 0 Å². The summed E-state index contributed by atoms with van der Waals surface area (Å²) in [6, 6.07) is 7.84. The van der Waals surface area contributed by atoms with Crippen molar-refractivity contribution in [2.45, 2.75) is 31.6 Å². The van der Waals surface area contributed by atoms with Crippen molar-refractivity contribution in [1.82, 2.24) is 20.2 Å². The largest absolute Gasteiger partial charge is 0.496 e. The summed E-state index contributed by atoms with van der Waals surface area (Å²) in [4.78, 5) is 20.6. The van der Waals surface area contributed by atoms with Crippen LogP contribution in [0.4, 0.5) is 23.8 Å². The Hall–Kier alpha value is -3.93. The minimum Gasteiger partial charge on any atom is -0.496 e. The SMILES string of the molecule is COc1cc2nc(C=NNc3ccc([C@@H](N4CC[C@H](NC(=O)O)C4)C(F)(F)F)cn3)ccc2cc1C. The van der Waals surface area contributed by atoms with Crippen LogP contribution >= 0.6 is 0 Å². The third-order valence-corrected chi connectivity index (χ3v) is 5.93. The zero-order chi connectivity index (χ0) is 25.9. The number of pyridine rings is 2. The molecule has 3 aromatic rings. The summed E-state index contributed by atoms with van der Waals surface area (Å²) < 4.78 is 46.9. The number of hydrogen-bond acceptors (Lipinski definition) is 7. The highest BCUT2D eigenvalue weighted by atomic mass is 19.4. The summed E-state index contributed by atoms with van der Waals surface area (Å²) in [6.07, 6.45) is -2.86. The summed E-state index contributed by atoms with van der Waals surface area (Å²) in [5.74, 6) is 0.993. The van der Waals surface area contributed by atoms with E-state index in [1.165, 1.54) is 23.2 Å². The summed E-state index contributed by atoms with van der Waals surface area (Å²) in [7, 11) is 1.59. The molecule has 4 rings (SSSR count). The second kappa shape index (κ2) is 10.4. The van der Waals surface area contributed by atoms with Crippen molar-refractivity contribution < 1.29 is 27.8 Å². The Balaban J connectivity index is 1.44. The van der Waals surface area contributed by atoms with Gasteiger partial charge in [-0.2, -0.15) is 18.3 Å². The number of fused-ring (bicyclic) bond motifs is 1. The highest BCUT2D eigenvalue weighted by molar-refractivity contribution is 5.86. The molecule has 2 atom stereocenters. The highest BCUT2D eigenvalue weighted by Gasteiger charge is 2.47. The normalized spacial score (nSPS) is 17.4. The highest BCUT2D eigenvalue weighted by Crippen LogP contribution is 2.39. The maximum Gasteiger partial charge on any atom is 0.408 e.